The number of hydrogen-bond donors (Lipinski definition) is 2. The Hall–Kier alpha value is -0.220. The summed E-state index contributed by atoms with van der Waals surface area (Å²) in [7, 11) is 0. The van der Waals surface area contributed by atoms with Crippen molar-refractivity contribution in [2.45, 2.75) is 44.7 Å². The summed E-state index contributed by atoms with van der Waals surface area (Å²) in [6.07, 6.45) is 6.33. The quantitative estimate of drug-likeness (QED) is 0.662. The first-order valence-corrected chi connectivity index (χ1v) is 7.13. The summed E-state index contributed by atoms with van der Waals surface area (Å²) >= 11 is 1.82. The van der Waals surface area contributed by atoms with Crippen LogP contribution in [-0.4, -0.2) is 36.5 Å². The Morgan fingerprint density at radius 1 is 1.53 bits per heavy atom. The number of carbonyl (C=O) groups is 1. The van der Waals surface area contributed by atoms with Gasteiger partial charge in [-0.15, -0.1) is 0 Å². The van der Waals surface area contributed by atoms with Crippen LogP contribution in [0.1, 0.15) is 32.6 Å². The third-order valence-corrected chi connectivity index (χ3v) is 3.17. The monoisotopic (exact) mass is 230 g/mol. The minimum atomic E-state index is 0.178. The van der Waals surface area contributed by atoms with E-state index in [0.29, 0.717) is 18.5 Å². The highest BCUT2D eigenvalue weighted by atomic mass is 32.2. The molecule has 88 valence electrons. The molecule has 1 atom stereocenters. The van der Waals surface area contributed by atoms with E-state index in [1.807, 2.05) is 11.8 Å². The summed E-state index contributed by atoms with van der Waals surface area (Å²) in [6, 6.07) is 1.01. The highest BCUT2D eigenvalue weighted by molar-refractivity contribution is 7.98. The number of carbonyl (C=O) groups excluding carboxylic acids is 1. The SMILES string of the molecule is CSCCC(C)NC(=O)CCNC1CC1. The average Bonchev–Trinajstić information content (AvgIpc) is 2.98. The van der Waals surface area contributed by atoms with E-state index in [1.165, 1.54) is 12.8 Å². The van der Waals surface area contributed by atoms with E-state index in [4.69, 9.17) is 0 Å². The van der Waals surface area contributed by atoms with Crippen LogP contribution in [0.2, 0.25) is 0 Å². The molecule has 1 rings (SSSR count). The van der Waals surface area contributed by atoms with E-state index in [0.717, 1.165) is 18.7 Å². The predicted octanol–water partition coefficient (Wildman–Crippen LogP) is 1.39. The minimum Gasteiger partial charge on any atom is -0.354 e. The Balaban J connectivity index is 1.95. The third-order valence-electron chi connectivity index (χ3n) is 2.52. The van der Waals surface area contributed by atoms with Gasteiger partial charge in [0.1, 0.15) is 0 Å². The molecule has 0 aromatic rings. The van der Waals surface area contributed by atoms with Crippen molar-refractivity contribution < 1.29 is 4.79 Å². The van der Waals surface area contributed by atoms with Gasteiger partial charge in [-0.2, -0.15) is 11.8 Å². The Bertz CT molecular complexity index is 195. The minimum absolute atomic E-state index is 0.178. The van der Waals surface area contributed by atoms with E-state index < -0.39 is 0 Å². The standard InChI is InChI=1S/C11H22N2OS/c1-9(6-8-15-2)13-11(14)5-7-12-10-3-4-10/h9-10,12H,3-8H2,1-2H3,(H,13,14). The molecule has 4 heteroatoms. The van der Waals surface area contributed by atoms with E-state index >= 15 is 0 Å². The molecule has 0 heterocycles. The lowest BCUT2D eigenvalue weighted by Crippen LogP contribution is -2.35. The van der Waals surface area contributed by atoms with Gasteiger partial charge in [0.15, 0.2) is 0 Å². The molecule has 0 aromatic carbocycles. The molecule has 0 bridgehead atoms. The second kappa shape index (κ2) is 7.12. The molecule has 1 aliphatic rings. The van der Waals surface area contributed by atoms with E-state index in [1.54, 1.807) is 0 Å². The molecule has 0 radical (unpaired) electrons. The fourth-order valence-electron chi connectivity index (χ4n) is 1.39. The normalized spacial score (nSPS) is 17.5. The fraction of sp³-hybridized carbons (Fsp3) is 0.909. The van der Waals surface area contributed by atoms with Crippen molar-refractivity contribution in [2.75, 3.05) is 18.6 Å². The van der Waals surface area contributed by atoms with Gasteiger partial charge in [-0.3, -0.25) is 4.79 Å². The maximum atomic E-state index is 11.5. The van der Waals surface area contributed by atoms with Crippen molar-refractivity contribution in [1.29, 1.82) is 0 Å². The number of amides is 1. The van der Waals surface area contributed by atoms with Crippen LogP contribution in [0.3, 0.4) is 0 Å². The molecular weight excluding hydrogens is 208 g/mol. The maximum absolute atomic E-state index is 11.5. The van der Waals surface area contributed by atoms with E-state index in [2.05, 4.69) is 23.8 Å². The van der Waals surface area contributed by atoms with Crippen molar-refractivity contribution in [3.63, 3.8) is 0 Å². The Morgan fingerprint density at radius 2 is 2.27 bits per heavy atom. The first kappa shape index (κ1) is 12.8. The van der Waals surface area contributed by atoms with Crippen molar-refractivity contribution in [3.8, 4) is 0 Å². The van der Waals surface area contributed by atoms with Crippen LogP contribution in [-0.2, 0) is 4.79 Å². The zero-order valence-electron chi connectivity index (χ0n) is 9.71. The van der Waals surface area contributed by atoms with Crippen LogP contribution in [0.5, 0.6) is 0 Å². The molecule has 0 aliphatic heterocycles. The number of nitrogens with one attached hydrogen (secondary N) is 2. The van der Waals surface area contributed by atoms with Crippen LogP contribution in [0.25, 0.3) is 0 Å². The topological polar surface area (TPSA) is 41.1 Å². The number of thioether (sulfide) groups is 1. The molecule has 1 aliphatic carbocycles. The fourth-order valence-corrected chi connectivity index (χ4v) is 1.98. The number of hydrogen-bond acceptors (Lipinski definition) is 3. The second-order valence-electron chi connectivity index (χ2n) is 4.23. The van der Waals surface area contributed by atoms with Crippen molar-refractivity contribution in [2.24, 2.45) is 0 Å². The lowest BCUT2D eigenvalue weighted by atomic mass is 10.2. The lowest BCUT2D eigenvalue weighted by molar-refractivity contribution is -0.121. The molecule has 1 saturated carbocycles. The predicted molar refractivity (Wildman–Crippen MR) is 66.2 cm³/mol. The smallest absolute Gasteiger partial charge is 0.221 e. The maximum Gasteiger partial charge on any atom is 0.221 e. The zero-order valence-corrected chi connectivity index (χ0v) is 10.5. The zero-order chi connectivity index (χ0) is 11.1. The van der Waals surface area contributed by atoms with Crippen molar-refractivity contribution in [1.82, 2.24) is 10.6 Å². The summed E-state index contributed by atoms with van der Waals surface area (Å²) in [5.41, 5.74) is 0. The van der Waals surface area contributed by atoms with Gasteiger partial charge in [0.2, 0.25) is 5.91 Å². The summed E-state index contributed by atoms with van der Waals surface area (Å²) in [4.78, 5) is 11.5. The van der Waals surface area contributed by atoms with Crippen LogP contribution in [0, 0.1) is 0 Å². The molecule has 0 spiro atoms. The highest BCUT2D eigenvalue weighted by Crippen LogP contribution is 2.18. The molecule has 15 heavy (non-hydrogen) atoms. The Kier molecular flexibility index (Phi) is 6.10. The lowest BCUT2D eigenvalue weighted by Gasteiger charge is -2.13. The Labute approximate surface area is 96.8 Å². The molecule has 0 saturated heterocycles. The first-order valence-electron chi connectivity index (χ1n) is 5.74. The van der Waals surface area contributed by atoms with Crippen LogP contribution >= 0.6 is 11.8 Å². The van der Waals surface area contributed by atoms with Crippen LogP contribution < -0.4 is 10.6 Å². The van der Waals surface area contributed by atoms with Crippen LogP contribution in [0.15, 0.2) is 0 Å². The molecule has 3 nitrogen and oxygen atoms in total. The molecule has 1 fully saturated rings. The third kappa shape index (κ3) is 6.79. The van der Waals surface area contributed by atoms with Gasteiger partial charge in [-0.1, -0.05) is 0 Å². The van der Waals surface area contributed by atoms with Gasteiger partial charge in [0.05, 0.1) is 0 Å². The summed E-state index contributed by atoms with van der Waals surface area (Å²) < 4.78 is 0. The van der Waals surface area contributed by atoms with Crippen molar-refractivity contribution >= 4 is 17.7 Å². The van der Waals surface area contributed by atoms with Gasteiger partial charge in [0.25, 0.3) is 0 Å². The van der Waals surface area contributed by atoms with Crippen LogP contribution in [0.4, 0.5) is 0 Å². The van der Waals surface area contributed by atoms with Gasteiger partial charge in [-0.25, -0.2) is 0 Å². The van der Waals surface area contributed by atoms with E-state index in [9.17, 15) is 4.79 Å². The van der Waals surface area contributed by atoms with Gasteiger partial charge in [0, 0.05) is 25.0 Å². The summed E-state index contributed by atoms with van der Waals surface area (Å²) in [5.74, 6) is 1.29. The molecule has 0 aromatic heterocycles. The molecule has 1 unspecified atom stereocenters. The molecule has 2 N–H and O–H groups in total. The van der Waals surface area contributed by atoms with Gasteiger partial charge >= 0.3 is 0 Å². The molecule has 1 amide bonds. The largest absolute Gasteiger partial charge is 0.354 e. The van der Waals surface area contributed by atoms with Gasteiger partial charge in [-0.05, 0) is 38.2 Å². The van der Waals surface area contributed by atoms with E-state index in [-0.39, 0.29) is 5.91 Å². The Morgan fingerprint density at radius 3 is 2.87 bits per heavy atom. The van der Waals surface area contributed by atoms with Gasteiger partial charge < -0.3 is 10.6 Å². The van der Waals surface area contributed by atoms with Crippen molar-refractivity contribution in [3.05, 3.63) is 0 Å². The molecular formula is C11H22N2OS. The summed E-state index contributed by atoms with van der Waals surface area (Å²) in [5, 5.41) is 6.36. The highest BCUT2D eigenvalue weighted by Gasteiger charge is 2.20. The summed E-state index contributed by atoms with van der Waals surface area (Å²) in [6.45, 7) is 2.90. The number of rotatable bonds is 8. The second-order valence-corrected chi connectivity index (χ2v) is 5.21. The average molecular weight is 230 g/mol. The first-order chi connectivity index (χ1) is 7.22.